The Bertz CT molecular complexity index is 467. The highest BCUT2D eigenvalue weighted by molar-refractivity contribution is 7.94. The highest BCUT2D eigenvalue weighted by atomic mass is 35.5. The summed E-state index contributed by atoms with van der Waals surface area (Å²) in [7, 11) is -3.26. The van der Waals surface area contributed by atoms with Gasteiger partial charge in [0.05, 0.1) is 29.3 Å². The van der Waals surface area contributed by atoms with Gasteiger partial charge in [0.25, 0.3) is 0 Å². The van der Waals surface area contributed by atoms with Crippen LogP contribution in [0.5, 0.6) is 0 Å². The number of halogens is 1. The number of nitrogens with zero attached hydrogens (tertiary/aromatic N) is 2. The Morgan fingerprint density at radius 1 is 1.53 bits per heavy atom. The molecule has 0 fully saturated rings. The molecule has 0 radical (unpaired) electrons. The monoisotopic (exact) mass is 247 g/mol. The molecule has 0 aliphatic rings. The van der Waals surface area contributed by atoms with E-state index in [4.69, 9.17) is 17.3 Å². The minimum absolute atomic E-state index is 0.00524. The third-order valence-corrected chi connectivity index (χ3v) is 3.24. The Morgan fingerprint density at radius 2 is 2.20 bits per heavy atom. The van der Waals surface area contributed by atoms with Gasteiger partial charge in [0.15, 0.2) is 9.84 Å². The molecule has 7 heteroatoms. The normalized spacial score (nSPS) is 12.8. The minimum atomic E-state index is -3.26. The van der Waals surface area contributed by atoms with Gasteiger partial charge in [0, 0.05) is 0 Å². The molecule has 0 atom stereocenters. The summed E-state index contributed by atoms with van der Waals surface area (Å²) in [6.07, 6.45) is 2.62. The van der Waals surface area contributed by atoms with Gasteiger partial charge in [-0.1, -0.05) is 18.5 Å². The van der Waals surface area contributed by atoms with Gasteiger partial charge in [-0.25, -0.2) is 18.4 Å². The molecule has 82 valence electrons. The van der Waals surface area contributed by atoms with E-state index in [2.05, 4.69) is 9.97 Å². The van der Waals surface area contributed by atoms with Crippen molar-refractivity contribution in [1.29, 1.82) is 0 Å². The van der Waals surface area contributed by atoms with Crippen LogP contribution in [-0.2, 0) is 9.84 Å². The molecule has 15 heavy (non-hydrogen) atoms. The molecule has 0 amide bonds. The molecule has 0 aliphatic heterocycles. The summed E-state index contributed by atoms with van der Waals surface area (Å²) in [5.74, 6) is -0.00524. The highest BCUT2D eigenvalue weighted by Gasteiger charge is 2.06. The van der Waals surface area contributed by atoms with Crippen molar-refractivity contribution in [3.8, 4) is 0 Å². The van der Waals surface area contributed by atoms with Gasteiger partial charge in [-0.2, -0.15) is 0 Å². The van der Waals surface area contributed by atoms with Crippen molar-refractivity contribution < 1.29 is 8.42 Å². The molecule has 1 heterocycles. The first-order valence-electron chi connectivity index (χ1n) is 4.12. The van der Waals surface area contributed by atoms with Crippen LogP contribution in [0.4, 0.5) is 0 Å². The second-order valence-corrected chi connectivity index (χ2v) is 5.28. The van der Waals surface area contributed by atoms with Crippen LogP contribution >= 0.6 is 11.6 Å². The standard InChI is InChI=1S/C8H10ClN3O2S/c1-2-15(13,14)5-6(10)7-3-12-8(9)4-11-7/h3-5H,2,10H2,1H3/b6-5+. The molecule has 1 aromatic rings. The van der Waals surface area contributed by atoms with E-state index in [0.29, 0.717) is 0 Å². The zero-order chi connectivity index (χ0) is 11.5. The molecular formula is C8H10ClN3O2S. The van der Waals surface area contributed by atoms with E-state index in [9.17, 15) is 8.42 Å². The fourth-order valence-corrected chi connectivity index (χ4v) is 1.57. The molecule has 1 rings (SSSR count). The van der Waals surface area contributed by atoms with Crippen LogP contribution in [0.25, 0.3) is 5.70 Å². The van der Waals surface area contributed by atoms with E-state index in [-0.39, 0.29) is 22.3 Å². The maximum Gasteiger partial charge on any atom is 0.173 e. The lowest BCUT2D eigenvalue weighted by atomic mass is 10.4. The molecule has 2 N–H and O–H groups in total. The Balaban J connectivity index is 3.05. The van der Waals surface area contributed by atoms with Crippen molar-refractivity contribution in [2.75, 3.05) is 5.75 Å². The Morgan fingerprint density at radius 3 is 2.67 bits per heavy atom. The van der Waals surface area contributed by atoms with E-state index >= 15 is 0 Å². The number of nitrogens with two attached hydrogens (primary N) is 1. The molecule has 0 unspecified atom stereocenters. The quantitative estimate of drug-likeness (QED) is 0.855. The lowest BCUT2D eigenvalue weighted by Crippen LogP contribution is -2.05. The molecule has 0 bridgehead atoms. The average Bonchev–Trinajstić information content (AvgIpc) is 2.18. The fourth-order valence-electron chi connectivity index (χ4n) is 0.799. The van der Waals surface area contributed by atoms with Crippen LogP contribution in [0, 0.1) is 0 Å². The van der Waals surface area contributed by atoms with Crippen molar-refractivity contribution in [2.45, 2.75) is 6.92 Å². The summed E-state index contributed by atoms with van der Waals surface area (Å²) in [5.41, 5.74) is 5.89. The fraction of sp³-hybridized carbons (Fsp3) is 0.250. The Kier molecular flexibility index (Phi) is 3.65. The van der Waals surface area contributed by atoms with Crippen LogP contribution < -0.4 is 5.73 Å². The van der Waals surface area contributed by atoms with Crippen LogP contribution in [0.15, 0.2) is 17.8 Å². The van der Waals surface area contributed by atoms with Gasteiger partial charge < -0.3 is 5.73 Å². The molecule has 5 nitrogen and oxygen atoms in total. The SMILES string of the molecule is CCS(=O)(=O)/C=C(/N)c1cnc(Cl)cn1. The second-order valence-electron chi connectivity index (χ2n) is 2.75. The number of aromatic nitrogens is 2. The smallest absolute Gasteiger partial charge is 0.173 e. The summed E-state index contributed by atoms with van der Waals surface area (Å²) in [6, 6.07) is 0. The minimum Gasteiger partial charge on any atom is -0.396 e. The molecule has 1 aromatic heterocycles. The van der Waals surface area contributed by atoms with E-state index in [0.717, 1.165) is 5.41 Å². The predicted octanol–water partition coefficient (Wildman–Crippen LogP) is 0.822. The van der Waals surface area contributed by atoms with Gasteiger partial charge >= 0.3 is 0 Å². The average molecular weight is 248 g/mol. The van der Waals surface area contributed by atoms with Crippen LogP contribution in [0.3, 0.4) is 0 Å². The van der Waals surface area contributed by atoms with Crippen molar-refractivity contribution in [3.63, 3.8) is 0 Å². The number of rotatable bonds is 3. The zero-order valence-electron chi connectivity index (χ0n) is 8.01. The summed E-state index contributed by atoms with van der Waals surface area (Å²) < 4.78 is 22.4. The molecule has 0 saturated carbocycles. The van der Waals surface area contributed by atoms with Gasteiger partial charge in [-0.15, -0.1) is 0 Å². The van der Waals surface area contributed by atoms with E-state index < -0.39 is 9.84 Å². The third-order valence-electron chi connectivity index (χ3n) is 1.62. The second kappa shape index (κ2) is 4.59. The summed E-state index contributed by atoms with van der Waals surface area (Å²) in [6.45, 7) is 1.53. The van der Waals surface area contributed by atoms with Crippen molar-refractivity contribution in [1.82, 2.24) is 9.97 Å². The number of sulfone groups is 1. The first-order chi connectivity index (χ1) is 6.94. The van der Waals surface area contributed by atoms with E-state index in [1.807, 2.05) is 0 Å². The van der Waals surface area contributed by atoms with E-state index in [1.165, 1.54) is 19.3 Å². The number of hydrogen-bond donors (Lipinski definition) is 1. The maximum atomic E-state index is 11.2. The molecule has 0 aliphatic carbocycles. The van der Waals surface area contributed by atoms with Gasteiger partial charge in [-0.3, -0.25) is 0 Å². The molecule has 0 aromatic carbocycles. The van der Waals surface area contributed by atoms with Crippen LogP contribution in [0.1, 0.15) is 12.6 Å². The predicted molar refractivity (Wildman–Crippen MR) is 58.7 cm³/mol. The Labute approximate surface area is 92.9 Å². The summed E-state index contributed by atoms with van der Waals surface area (Å²) in [4.78, 5) is 7.59. The Hall–Kier alpha value is -1.14. The lowest BCUT2D eigenvalue weighted by molar-refractivity contribution is 0.606. The van der Waals surface area contributed by atoms with Gasteiger partial charge in [-0.05, 0) is 0 Å². The van der Waals surface area contributed by atoms with Gasteiger partial charge in [0.1, 0.15) is 10.8 Å². The summed E-state index contributed by atoms with van der Waals surface area (Å²) >= 11 is 5.52. The van der Waals surface area contributed by atoms with Gasteiger partial charge in [0.2, 0.25) is 0 Å². The van der Waals surface area contributed by atoms with E-state index in [1.54, 1.807) is 0 Å². The number of hydrogen-bond acceptors (Lipinski definition) is 5. The maximum absolute atomic E-state index is 11.2. The summed E-state index contributed by atoms with van der Waals surface area (Å²) in [5, 5.41) is 1.20. The zero-order valence-corrected chi connectivity index (χ0v) is 9.59. The topological polar surface area (TPSA) is 85.9 Å². The lowest BCUT2D eigenvalue weighted by Gasteiger charge is -2.00. The van der Waals surface area contributed by atoms with Crippen LogP contribution in [0.2, 0.25) is 5.15 Å². The molecular weight excluding hydrogens is 238 g/mol. The van der Waals surface area contributed by atoms with Crippen molar-refractivity contribution in [2.24, 2.45) is 5.73 Å². The first-order valence-corrected chi connectivity index (χ1v) is 6.22. The third kappa shape index (κ3) is 3.49. The van der Waals surface area contributed by atoms with Crippen molar-refractivity contribution >= 4 is 27.1 Å². The molecule has 0 saturated heterocycles. The molecule has 0 spiro atoms. The van der Waals surface area contributed by atoms with Crippen LogP contribution in [-0.4, -0.2) is 24.1 Å². The first kappa shape index (κ1) is 11.9. The largest absolute Gasteiger partial charge is 0.396 e. The van der Waals surface area contributed by atoms with Crippen molar-refractivity contribution in [3.05, 3.63) is 28.6 Å². The highest BCUT2D eigenvalue weighted by Crippen LogP contribution is 2.09.